The Kier molecular flexibility index (Phi) is 2.39. The Morgan fingerprint density at radius 3 is 1.41 bits per heavy atom. The molecule has 0 N–H and O–H groups in total. The van der Waals surface area contributed by atoms with Gasteiger partial charge in [0, 0.05) is 38.9 Å². The summed E-state index contributed by atoms with van der Waals surface area (Å²) in [6.07, 6.45) is 3.71. The number of fused-ring (bicyclic) bond motifs is 6. The highest BCUT2D eigenvalue weighted by atomic mass is 16.4. The van der Waals surface area contributed by atoms with Gasteiger partial charge in [0.2, 0.25) is 11.8 Å². The summed E-state index contributed by atoms with van der Waals surface area (Å²) in [5.74, 6) is 1.67. The van der Waals surface area contributed by atoms with Crippen LogP contribution in [0.1, 0.15) is 0 Å². The van der Waals surface area contributed by atoms with E-state index in [1.807, 2.05) is 12.5 Å². The Morgan fingerprint density at radius 2 is 0.906 bits per heavy atom. The van der Waals surface area contributed by atoms with Gasteiger partial charge in [-0.1, -0.05) is 48.5 Å². The van der Waals surface area contributed by atoms with Crippen molar-refractivity contribution in [1.82, 2.24) is 0 Å². The smallest absolute Gasteiger partial charge is 0.448 e. The van der Waals surface area contributed by atoms with Crippen LogP contribution in [0.2, 0.25) is 0 Å². The fraction of sp³-hybridized carbons (Fsp3) is 0. The lowest BCUT2D eigenvalue weighted by atomic mass is 9.72. The summed E-state index contributed by atoms with van der Waals surface area (Å²) in [6, 6.07) is 26.0. The van der Waals surface area contributed by atoms with Crippen LogP contribution in [0.25, 0.3) is 32.3 Å². The van der Waals surface area contributed by atoms with Crippen molar-refractivity contribution in [2.45, 2.75) is 0 Å². The van der Waals surface area contributed by atoms with E-state index in [2.05, 4.69) is 87.2 Å². The van der Waals surface area contributed by atoms with Gasteiger partial charge in [-0.2, -0.15) is 0 Å². The Bertz CT molecular complexity index is 1660. The predicted octanol–water partition coefficient (Wildman–Crippen LogP) is 7.07. The summed E-state index contributed by atoms with van der Waals surface area (Å²) in [5, 5.41) is 6.91. The van der Waals surface area contributed by atoms with Gasteiger partial charge in [0.1, 0.15) is 12.5 Å². The van der Waals surface area contributed by atoms with Crippen LogP contribution in [0.4, 0.5) is 34.5 Å². The highest BCUT2D eigenvalue weighted by molar-refractivity contribution is 6.79. The van der Waals surface area contributed by atoms with E-state index in [0.717, 1.165) is 44.7 Å². The van der Waals surface area contributed by atoms with Gasteiger partial charge in [0.25, 0.3) is 0 Å². The molecule has 148 valence electrons. The summed E-state index contributed by atoms with van der Waals surface area (Å²) in [6.45, 7) is 0. The number of furan rings is 2. The van der Waals surface area contributed by atoms with Crippen molar-refractivity contribution < 1.29 is 8.83 Å². The van der Waals surface area contributed by atoms with Crippen LogP contribution in [0.3, 0.4) is 0 Å². The molecule has 6 heteroatoms. The van der Waals surface area contributed by atoms with Gasteiger partial charge >= 0.3 is 7.12 Å². The SMILES string of the molecule is c1cc2c3c(cccc3c1)N1B3N2c2cccc4coc(c24)N3c2occ3cccc1c23. The van der Waals surface area contributed by atoms with Crippen LogP contribution in [-0.4, -0.2) is 7.12 Å². The molecule has 0 bridgehead atoms. The average molecular weight is 411 g/mol. The lowest BCUT2D eigenvalue weighted by molar-refractivity contribution is 0.547. The van der Waals surface area contributed by atoms with Gasteiger partial charge in [-0.15, -0.1) is 0 Å². The quantitative estimate of drug-likeness (QED) is 0.250. The predicted molar refractivity (Wildman–Crippen MR) is 129 cm³/mol. The van der Waals surface area contributed by atoms with Crippen LogP contribution in [0.15, 0.2) is 94.2 Å². The molecule has 3 aliphatic heterocycles. The van der Waals surface area contributed by atoms with E-state index in [0.29, 0.717) is 0 Å². The maximum Gasteiger partial charge on any atom is 0.523 e. The van der Waals surface area contributed by atoms with Gasteiger partial charge in [-0.05, 0) is 29.7 Å². The first-order valence-corrected chi connectivity index (χ1v) is 10.8. The molecule has 0 spiro atoms. The van der Waals surface area contributed by atoms with Crippen LogP contribution in [0, 0.1) is 0 Å². The summed E-state index contributed by atoms with van der Waals surface area (Å²) in [7, 11) is -0.163. The summed E-state index contributed by atoms with van der Waals surface area (Å²) < 4.78 is 12.4. The molecule has 2 aromatic heterocycles. The highest BCUT2D eigenvalue weighted by Crippen LogP contribution is 2.58. The summed E-state index contributed by atoms with van der Waals surface area (Å²) in [5.41, 5.74) is 4.71. The molecule has 5 heterocycles. The minimum atomic E-state index is -0.163. The fourth-order valence-electron chi connectivity index (χ4n) is 6.00. The van der Waals surface area contributed by atoms with Gasteiger partial charge in [-0.25, -0.2) is 0 Å². The molecular weight excluding hydrogens is 397 g/mol. The highest BCUT2D eigenvalue weighted by Gasteiger charge is 2.54. The van der Waals surface area contributed by atoms with Crippen molar-refractivity contribution in [2.24, 2.45) is 0 Å². The second-order valence-corrected chi connectivity index (χ2v) is 8.67. The van der Waals surface area contributed by atoms with E-state index in [1.54, 1.807) is 0 Å². The lowest BCUT2D eigenvalue weighted by Gasteiger charge is -2.51. The number of benzene rings is 4. The molecular formula is C26H14BN3O2. The average Bonchev–Trinajstić information content (AvgIpc) is 3.46. The van der Waals surface area contributed by atoms with Crippen molar-refractivity contribution in [3.63, 3.8) is 0 Å². The van der Waals surface area contributed by atoms with Crippen LogP contribution >= 0.6 is 0 Å². The Morgan fingerprint density at radius 1 is 0.469 bits per heavy atom. The van der Waals surface area contributed by atoms with Gasteiger partial charge < -0.3 is 18.5 Å². The minimum Gasteiger partial charge on any atom is -0.448 e. The number of rotatable bonds is 0. The van der Waals surface area contributed by atoms with E-state index < -0.39 is 0 Å². The molecule has 32 heavy (non-hydrogen) atoms. The maximum atomic E-state index is 6.22. The maximum absolute atomic E-state index is 6.22. The van der Waals surface area contributed by atoms with Gasteiger partial charge in [0.05, 0.1) is 10.8 Å². The molecule has 3 aliphatic rings. The molecule has 0 fully saturated rings. The number of nitrogens with zero attached hydrogens (tertiary/aromatic N) is 3. The zero-order chi connectivity index (χ0) is 20.6. The third kappa shape index (κ3) is 1.51. The Labute approximate surface area is 182 Å². The number of hydrogen-bond donors (Lipinski definition) is 0. The summed E-state index contributed by atoms with van der Waals surface area (Å²) >= 11 is 0. The minimum absolute atomic E-state index is 0.163. The molecule has 0 saturated carbocycles. The number of anilines is 6. The zero-order valence-electron chi connectivity index (χ0n) is 16.8. The lowest BCUT2D eigenvalue weighted by Crippen LogP contribution is -2.63. The molecule has 0 radical (unpaired) electrons. The second-order valence-electron chi connectivity index (χ2n) is 8.67. The molecule has 0 aliphatic carbocycles. The van der Waals surface area contributed by atoms with Crippen molar-refractivity contribution in [2.75, 3.05) is 14.4 Å². The zero-order valence-corrected chi connectivity index (χ0v) is 16.8. The van der Waals surface area contributed by atoms with Crippen LogP contribution in [0.5, 0.6) is 0 Å². The fourth-order valence-corrected chi connectivity index (χ4v) is 6.00. The molecule has 0 atom stereocenters. The van der Waals surface area contributed by atoms with E-state index >= 15 is 0 Å². The third-order valence-electron chi connectivity index (χ3n) is 7.20. The molecule has 0 unspecified atom stereocenters. The van der Waals surface area contributed by atoms with E-state index in [-0.39, 0.29) is 7.12 Å². The van der Waals surface area contributed by atoms with E-state index in [1.165, 1.54) is 22.1 Å². The van der Waals surface area contributed by atoms with Crippen molar-refractivity contribution in [1.29, 1.82) is 0 Å². The van der Waals surface area contributed by atoms with Crippen molar-refractivity contribution >= 4 is 74.0 Å². The van der Waals surface area contributed by atoms with Gasteiger partial charge in [0.15, 0.2) is 0 Å². The monoisotopic (exact) mass is 411 g/mol. The largest absolute Gasteiger partial charge is 0.523 e. The first kappa shape index (κ1) is 15.5. The van der Waals surface area contributed by atoms with Crippen molar-refractivity contribution in [3.05, 3.63) is 85.3 Å². The third-order valence-corrected chi connectivity index (χ3v) is 7.20. The number of hydrogen-bond acceptors (Lipinski definition) is 5. The first-order chi connectivity index (χ1) is 15.9. The van der Waals surface area contributed by atoms with E-state index in [9.17, 15) is 0 Å². The topological polar surface area (TPSA) is 36.0 Å². The normalized spacial score (nSPS) is 15.2. The molecule has 0 saturated heterocycles. The molecule has 5 nitrogen and oxygen atoms in total. The summed E-state index contributed by atoms with van der Waals surface area (Å²) in [4.78, 5) is 7.09. The second kappa shape index (κ2) is 4.94. The first-order valence-electron chi connectivity index (χ1n) is 10.8. The van der Waals surface area contributed by atoms with Crippen LogP contribution < -0.4 is 14.4 Å². The van der Waals surface area contributed by atoms with E-state index in [4.69, 9.17) is 8.83 Å². The molecule has 4 aromatic carbocycles. The Hall–Kier alpha value is -4.32. The molecule has 0 amide bonds. The standard InChI is InChI=1S/C26H14BN3O2/c1-5-15-6-2-10-19-22(15)18(9-1)28-20-11-3-7-16-13-31-25(23(16)20)30-26-24-17(14-32-26)8-4-12-21(24)29(19)27(28)30/h1-14H. The molecule has 6 aromatic rings. The molecule has 9 rings (SSSR count). The van der Waals surface area contributed by atoms with Crippen LogP contribution in [-0.2, 0) is 0 Å². The van der Waals surface area contributed by atoms with Gasteiger partial charge in [-0.3, -0.25) is 4.81 Å². The van der Waals surface area contributed by atoms with Crippen molar-refractivity contribution in [3.8, 4) is 0 Å². The Balaban J connectivity index is 1.56.